The smallest absolute Gasteiger partial charge is 0.255 e. The lowest BCUT2D eigenvalue weighted by Gasteiger charge is -2.10. The number of hydrogen-bond acceptors (Lipinski definition) is 4. The normalized spacial score (nSPS) is 9.75. The van der Waals surface area contributed by atoms with Crippen LogP contribution in [0.2, 0.25) is 0 Å². The van der Waals surface area contributed by atoms with E-state index in [0.29, 0.717) is 35.0 Å². The molecule has 28 heavy (non-hydrogen) atoms. The van der Waals surface area contributed by atoms with Crippen LogP contribution in [0.1, 0.15) is 27.2 Å². The van der Waals surface area contributed by atoms with E-state index in [9.17, 15) is 4.79 Å². The van der Waals surface area contributed by atoms with Gasteiger partial charge in [0.2, 0.25) is 5.88 Å². The fraction of sp³-hybridized carbons (Fsp3) is 0.0909. The molecule has 0 atom stereocenters. The Labute approximate surface area is 170 Å². The predicted molar refractivity (Wildman–Crippen MR) is 113 cm³/mol. The number of rotatable bonds is 5. The summed E-state index contributed by atoms with van der Waals surface area (Å²) in [5.41, 5.74) is 9.23. The first-order chi connectivity index (χ1) is 13.1. The number of anilines is 1. The van der Waals surface area contributed by atoms with Crippen LogP contribution < -0.4 is 15.8 Å². The molecule has 0 radical (unpaired) electrons. The Bertz CT molecular complexity index is 1030. The highest BCUT2D eigenvalue weighted by atomic mass is 35.5. The molecular formula is C22H20ClN3O2. The van der Waals surface area contributed by atoms with E-state index >= 15 is 0 Å². The third-order valence-electron chi connectivity index (χ3n) is 3.83. The average molecular weight is 394 g/mol. The quantitative estimate of drug-likeness (QED) is 0.633. The Kier molecular flexibility index (Phi) is 7.16. The summed E-state index contributed by atoms with van der Waals surface area (Å²) in [6.45, 7) is 2.28. The third kappa shape index (κ3) is 5.34. The summed E-state index contributed by atoms with van der Waals surface area (Å²) in [6.07, 6.45) is 5.39. The molecule has 3 N–H and O–H groups in total. The Morgan fingerprint density at radius 2 is 1.96 bits per heavy atom. The third-order valence-corrected chi connectivity index (χ3v) is 3.83. The van der Waals surface area contributed by atoms with Crippen molar-refractivity contribution in [3.63, 3.8) is 0 Å². The van der Waals surface area contributed by atoms with Crippen molar-refractivity contribution in [2.45, 2.75) is 13.5 Å². The lowest BCUT2D eigenvalue weighted by Crippen LogP contribution is -2.12. The maximum atomic E-state index is 12.5. The summed E-state index contributed by atoms with van der Waals surface area (Å²) in [5, 5.41) is 2.83. The van der Waals surface area contributed by atoms with E-state index in [1.54, 1.807) is 54.6 Å². The Morgan fingerprint density at radius 3 is 2.71 bits per heavy atom. The first-order valence-electron chi connectivity index (χ1n) is 8.41. The van der Waals surface area contributed by atoms with Crippen molar-refractivity contribution < 1.29 is 9.53 Å². The van der Waals surface area contributed by atoms with Crippen molar-refractivity contribution in [1.82, 2.24) is 4.98 Å². The molecule has 0 aliphatic rings. The number of benzene rings is 2. The van der Waals surface area contributed by atoms with Gasteiger partial charge >= 0.3 is 0 Å². The van der Waals surface area contributed by atoms with E-state index in [2.05, 4.69) is 16.2 Å². The number of halogens is 1. The minimum Gasteiger partial charge on any atom is -0.439 e. The van der Waals surface area contributed by atoms with E-state index in [-0.39, 0.29) is 18.3 Å². The Balaban J connectivity index is 0.00000280. The van der Waals surface area contributed by atoms with Gasteiger partial charge in [-0.05, 0) is 55.0 Å². The minimum absolute atomic E-state index is 0. The zero-order valence-electron chi connectivity index (χ0n) is 15.3. The van der Waals surface area contributed by atoms with Crippen LogP contribution in [0.4, 0.5) is 5.69 Å². The Hall–Kier alpha value is -3.33. The first kappa shape index (κ1) is 21.0. The molecule has 0 saturated heterocycles. The molecule has 0 fully saturated rings. The molecule has 1 amide bonds. The fourth-order valence-electron chi connectivity index (χ4n) is 2.59. The second-order valence-electron chi connectivity index (χ2n) is 5.97. The summed E-state index contributed by atoms with van der Waals surface area (Å²) < 4.78 is 5.81. The molecule has 142 valence electrons. The van der Waals surface area contributed by atoms with Gasteiger partial charge in [-0.25, -0.2) is 4.98 Å². The van der Waals surface area contributed by atoms with Gasteiger partial charge in [0.05, 0.1) is 0 Å². The van der Waals surface area contributed by atoms with Crippen LogP contribution in [0.25, 0.3) is 0 Å². The maximum absolute atomic E-state index is 12.5. The SMILES string of the molecule is C#Cc1cccc(NC(=O)c2cccc(Oc3cc(CN)cc(C)n3)c2)c1.Cl. The molecule has 0 saturated carbocycles. The van der Waals surface area contributed by atoms with E-state index in [1.165, 1.54) is 0 Å². The maximum Gasteiger partial charge on any atom is 0.255 e. The molecule has 0 unspecified atom stereocenters. The van der Waals surface area contributed by atoms with Crippen molar-refractivity contribution in [3.05, 3.63) is 83.0 Å². The van der Waals surface area contributed by atoms with Crippen LogP contribution in [0.3, 0.4) is 0 Å². The molecule has 1 heterocycles. The standard InChI is InChI=1S/C22H19N3O2.ClH/c1-3-16-6-4-8-19(11-16)25-22(26)18-7-5-9-20(13-18)27-21-12-17(14-23)10-15(2)24-21;/h1,4-13H,14,23H2,2H3,(H,25,26);1H. The molecule has 1 aromatic heterocycles. The number of nitrogens with two attached hydrogens (primary N) is 1. The summed E-state index contributed by atoms with van der Waals surface area (Å²) in [7, 11) is 0. The van der Waals surface area contributed by atoms with Gasteiger partial charge in [0.25, 0.3) is 5.91 Å². The van der Waals surface area contributed by atoms with Gasteiger partial charge in [0, 0.05) is 35.1 Å². The van der Waals surface area contributed by atoms with Crippen LogP contribution in [-0.2, 0) is 6.54 Å². The number of nitrogens with one attached hydrogen (secondary N) is 1. The van der Waals surface area contributed by atoms with Gasteiger partial charge in [-0.3, -0.25) is 4.79 Å². The van der Waals surface area contributed by atoms with Crippen molar-refractivity contribution >= 4 is 24.0 Å². The number of amides is 1. The number of hydrogen-bond donors (Lipinski definition) is 2. The van der Waals surface area contributed by atoms with Crippen molar-refractivity contribution in [3.8, 4) is 24.0 Å². The van der Waals surface area contributed by atoms with Crippen LogP contribution in [0.15, 0.2) is 60.7 Å². The molecule has 2 aromatic carbocycles. The predicted octanol–water partition coefficient (Wildman–Crippen LogP) is 4.30. The van der Waals surface area contributed by atoms with Gasteiger partial charge in [0.15, 0.2) is 0 Å². The van der Waals surface area contributed by atoms with E-state index < -0.39 is 0 Å². The molecule has 5 nitrogen and oxygen atoms in total. The van der Waals surface area contributed by atoms with Gasteiger partial charge in [-0.1, -0.05) is 18.1 Å². The molecule has 3 rings (SSSR count). The molecule has 3 aromatic rings. The van der Waals surface area contributed by atoms with Crippen molar-refractivity contribution in [2.75, 3.05) is 5.32 Å². The van der Waals surface area contributed by atoms with Crippen LogP contribution in [0.5, 0.6) is 11.6 Å². The highest BCUT2D eigenvalue weighted by Crippen LogP contribution is 2.23. The zero-order chi connectivity index (χ0) is 19.2. The molecule has 0 aliphatic heterocycles. The van der Waals surface area contributed by atoms with E-state index in [0.717, 1.165) is 11.3 Å². The molecule has 0 spiro atoms. The Morgan fingerprint density at radius 1 is 1.18 bits per heavy atom. The van der Waals surface area contributed by atoms with Crippen molar-refractivity contribution in [1.29, 1.82) is 0 Å². The molecular weight excluding hydrogens is 374 g/mol. The van der Waals surface area contributed by atoms with Crippen LogP contribution in [0, 0.1) is 19.3 Å². The number of pyridine rings is 1. The first-order valence-corrected chi connectivity index (χ1v) is 8.41. The molecule has 6 heteroatoms. The van der Waals surface area contributed by atoms with Crippen LogP contribution in [-0.4, -0.2) is 10.9 Å². The largest absolute Gasteiger partial charge is 0.439 e. The highest BCUT2D eigenvalue weighted by molar-refractivity contribution is 6.04. The second-order valence-corrected chi connectivity index (χ2v) is 5.97. The highest BCUT2D eigenvalue weighted by Gasteiger charge is 2.09. The van der Waals surface area contributed by atoms with Crippen LogP contribution >= 0.6 is 12.4 Å². The number of carbonyl (C=O) groups excluding carboxylic acids is 1. The zero-order valence-corrected chi connectivity index (χ0v) is 16.1. The number of carbonyl (C=O) groups is 1. The van der Waals surface area contributed by atoms with Gasteiger partial charge in [0.1, 0.15) is 5.75 Å². The minimum atomic E-state index is -0.255. The molecule has 0 aliphatic carbocycles. The topological polar surface area (TPSA) is 77.2 Å². The summed E-state index contributed by atoms with van der Waals surface area (Å²) >= 11 is 0. The number of aryl methyl sites for hydroxylation is 1. The molecule has 0 bridgehead atoms. The van der Waals surface area contributed by atoms with Gasteiger partial charge in [-0.15, -0.1) is 18.8 Å². The van der Waals surface area contributed by atoms with Gasteiger partial charge in [-0.2, -0.15) is 0 Å². The van der Waals surface area contributed by atoms with Crippen molar-refractivity contribution in [2.24, 2.45) is 5.73 Å². The summed E-state index contributed by atoms with van der Waals surface area (Å²) in [6, 6.07) is 17.7. The summed E-state index contributed by atoms with van der Waals surface area (Å²) in [4.78, 5) is 16.9. The number of aromatic nitrogens is 1. The second kappa shape index (κ2) is 9.56. The average Bonchev–Trinajstić information content (AvgIpc) is 2.67. The summed E-state index contributed by atoms with van der Waals surface area (Å²) in [5.74, 6) is 3.24. The number of ether oxygens (including phenoxy) is 1. The fourth-order valence-corrected chi connectivity index (χ4v) is 2.59. The monoisotopic (exact) mass is 393 g/mol. The van der Waals surface area contributed by atoms with E-state index in [1.807, 2.05) is 13.0 Å². The lowest BCUT2D eigenvalue weighted by molar-refractivity contribution is 0.102. The van der Waals surface area contributed by atoms with E-state index in [4.69, 9.17) is 16.9 Å². The lowest BCUT2D eigenvalue weighted by atomic mass is 10.1. The number of nitrogens with zero attached hydrogens (tertiary/aromatic N) is 1. The van der Waals surface area contributed by atoms with Gasteiger partial charge < -0.3 is 15.8 Å². The number of terminal acetylenes is 1.